The highest BCUT2D eigenvalue weighted by Gasteiger charge is 2.29. The van der Waals surface area contributed by atoms with Gasteiger partial charge in [-0.25, -0.2) is 9.97 Å². The number of methoxy groups -OCH3 is 2. The smallest absolute Gasteiger partial charge is 0.261 e. The van der Waals surface area contributed by atoms with Gasteiger partial charge in [-0.05, 0) is 50.1 Å². The maximum atomic E-state index is 13.2. The molecule has 0 unspecified atom stereocenters. The molecule has 0 aliphatic carbocycles. The molecular formula is C24H27N5O3. The highest BCUT2D eigenvalue weighted by atomic mass is 16.5. The third-order valence-electron chi connectivity index (χ3n) is 5.64. The molecule has 1 N–H and O–H groups in total. The summed E-state index contributed by atoms with van der Waals surface area (Å²) in [6.45, 7) is 3.27. The van der Waals surface area contributed by atoms with Gasteiger partial charge in [-0.3, -0.25) is 9.78 Å². The Morgan fingerprint density at radius 1 is 1.03 bits per heavy atom. The summed E-state index contributed by atoms with van der Waals surface area (Å²) in [5, 5.41) is 3.24. The number of hydrogen-bond donors (Lipinski definition) is 1. The SMILES string of the molecule is COc1cccc(OC)c1C(=O)N1CCC(c2cc(Nc3ncccn3)cc(C)n2)CC1. The maximum Gasteiger partial charge on any atom is 0.261 e. The molecule has 2 aromatic heterocycles. The van der Waals surface area contributed by atoms with Crippen LogP contribution in [-0.2, 0) is 0 Å². The molecule has 8 nitrogen and oxygen atoms in total. The summed E-state index contributed by atoms with van der Waals surface area (Å²) >= 11 is 0. The third kappa shape index (κ3) is 4.64. The first-order chi connectivity index (χ1) is 15.6. The van der Waals surface area contributed by atoms with Gasteiger partial charge in [0.15, 0.2) is 0 Å². The van der Waals surface area contributed by atoms with E-state index < -0.39 is 0 Å². The van der Waals surface area contributed by atoms with Crippen molar-refractivity contribution >= 4 is 17.5 Å². The second kappa shape index (κ2) is 9.64. The number of rotatable bonds is 6. The average molecular weight is 434 g/mol. The highest BCUT2D eigenvalue weighted by molar-refractivity contribution is 5.99. The number of carbonyl (C=O) groups is 1. The first-order valence-corrected chi connectivity index (χ1v) is 10.6. The number of carbonyl (C=O) groups excluding carboxylic acids is 1. The van der Waals surface area contributed by atoms with Crippen LogP contribution in [0.4, 0.5) is 11.6 Å². The van der Waals surface area contributed by atoms with Crippen LogP contribution < -0.4 is 14.8 Å². The summed E-state index contributed by atoms with van der Waals surface area (Å²) in [5.41, 5.74) is 3.33. The quantitative estimate of drug-likeness (QED) is 0.629. The van der Waals surface area contributed by atoms with Gasteiger partial charge in [-0.2, -0.15) is 0 Å². The fourth-order valence-corrected chi connectivity index (χ4v) is 4.07. The summed E-state index contributed by atoms with van der Waals surface area (Å²) in [5.74, 6) is 1.80. The molecule has 1 saturated heterocycles. The van der Waals surface area contributed by atoms with E-state index in [1.54, 1.807) is 44.8 Å². The summed E-state index contributed by atoms with van der Waals surface area (Å²) in [6.07, 6.45) is 5.07. The number of piperidine rings is 1. The lowest BCUT2D eigenvalue weighted by Gasteiger charge is -2.32. The Morgan fingerprint density at radius 3 is 2.31 bits per heavy atom. The zero-order valence-corrected chi connectivity index (χ0v) is 18.5. The van der Waals surface area contributed by atoms with Crippen LogP contribution in [0.1, 0.15) is 40.5 Å². The van der Waals surface area contributed by atoms with Gasteiger partial charge in [-0.15, -0.1) is 0 Å². The van der Waals surface area contributed by atoms with Gasteiger partial charge in [0.25, 0.3) is 5.91 Å². The van der Waals surface area contributed by atoms with Crippen molar-refractivity contribution in [3.05, 3.63) is 65.7 Å². The minimum Gasteiger partial charge on any atom is -0.496 e. The largest absolute Gasteiger partial charge is 0.496 e. The van der Waals surface area contributed by atoms with Crippen LogP contribution in [0.25, 0.3) is 0 Å². The second-order valence-corrected chi connectivity index (χ2v) is 7.72. The van der Waals surface area contributed by atoms with E-state index in [0.717, 1.165) is 29.9 Å². The molecule has 1 aromatic carbocycles. The molecule has 8 heteroatoms. The molecule has 166 valence electrons. The van der Waals surface area contributed by atoms with Crippen molar-refractivity contribution < 1.29 is 14.3 Å². The van der Waals surface area contributed by atoms with Crippen LogP contribution in [0.2, 0.25) is 0 Å². The molecule has 1 amide bonds. The molecule has 4 rings (SSSR count). The molecule has 1 fully saturated rings. The van der Waals surface area contributed by atoms with Gasteiger partial charge >= 0.3 is 0 Å². The van der Waals surface area contributed by atoms with Crippen LogP contribution >= 0.6 is 0 Å². The third-order valence-corrected chi connectivity index (χ3v) is 5.64. The monoisotopic (exact) mass is 433 g/mol. The van der Waals surface area contributed by atoms with Gasteiger partial charge in [0.2, 0.25) is 5.95 Å². The second-order valence-electron chi connectivity index (χ2n) is 7.72. The molecule has 3 aromatic rings. The fraction of sp³-hybridized carbons (Fsp3) is 0.333. The van der Waals surface area contributed by atoms with Crippen molar-refractivity contribution in [2.75, 3.05) is 32.6 Å². The molecule has 0 atom stereocenters. The topological polar surface area (TPSA) is 89.5 Å². The van der Waals surface area contributed by atoms with Gasteiger partial charge in [0, 0.05) is 48.5 Å². The van der Waals surface area contributed by atoms with E-state index in [1.165, 1.54) is 0 Å². The summed E-state index contributed by atoms with van der Waals surface area (Å²) in [7, 11) is 3.13. The number of hydrogen-bond acceptors (Lipinski definition) is 7. The average Bonchev–Trinajstić information content (AvgIpc) is 2.83. The van der Waals surface area contributed by atoms with E-state index in [-0.39, 0.29) is 11.8 Å². The number of nitrogens with zero attached hydrogens (tertiary/aromatic N) is 4. The minimum atomic E-state index is -0.0708. The molecule has 0 saturated carbocycles. The number of nitrogens with one attached hydrogen (secondary N) is 1. The van der Waals surface area contributed by atoms with E-state index >= 15 is 0 Å². The molecule has 1 aliphatic rings. The highest BCUT2D eigenvalue weighted by Crippen LogP contribution is 2.33. The molecule has 0 bridgehead atoms. The lowest BCUT2D eigenvalue weighted by atomic mass is 9.92. The number of benzene rings is 1. The van der Waals surface area contributed by atoms with Crippen LogP contribution in [-0.4, -0.2) is 53.1 Å². The Hall–Kier alpha value is -3.68. The van der Waals surface area contributed by atoms with Crippen molar-refractivity contribution in [2.24, 2.45) is 0 Å². The summed E-state index contributed by atoms with van der Waals surface area (Å²) in [4.78, 5) is 28.3. The molecule has 1 aliphatic heterocycles. The molecule has 0 spiro atoms. The minimum absolute atomic E-state index is 0.0708. The Morgan fingerprint density at radius 2 is 1.69 bits per heavy atom. The number of amides is 1. The van der Waals surface area contributed by atoms with Gasteiger partial charge in [0.1, 0.15) is 17.1 Å². The maximum absolute atomic E-state index is 13.2. The molecule has 3 heterocycles. The number of aromatic nitrogens is 3. The zero-order valence-electron chi connectivity index (χ0n) is 18.5. The number of aryl methyl sites for hydroxylation is 1. The van der Waals surface area contributed by atoms with Gasteiger partial charge in [-0.1, -0.05) is 6.07 Å². The van der Waals surface area contributed by atoms with E-state index in [9.17, 15) is 4.79 Å². The zero-order chi connectivity index (χ0) is 22.5. The van der Waals surface area contributed by atoms with Crippen LogP contribution in [0.3, 0.4) is 0 Å². The standard InChI is InChI=1S/C24H27N5O3/c1-16-14-18(28-24-25-10-5-11-26-24)15-19(27-16)17-8-12-29(13-9-17)23(30)22-20(31-2)6-4-7-21(22)32-3/h4-7,10-11,14-15,17H,8-9,12-13H2,1-3H3,(H,25,26,27,28). The Kier molecular flexibility index (Phi) is 6.49. The van der Waals surface area contributed by atoms with Crippen LogP contribution in [0.5, 0.6) is 11.5 Å². The number of ether oxygens (including phenoxy) is 2. The number of pyridine rings is 1. The molecule has 32 heavy (non-hydrogen) atoms. The van der Waals surface area contributed by atoms with Crippen molar-refractivity contribution in [1.29, 1.82) is 0 Å². The normalized spacial score (nSPS) is 14.2. The van der Waals surface area contributed by atoms with Gasteiger partial charge in [0.05, 0.1) is 14.2 Å². The van der Waals surface area contributed by atoms with E-state index in [4.69, 9.17) is 14.5 Å². The molecular weight excluding hydrogens is 406 g/mol. The van der Waals surface area contributed by atoms with E-state index in [1.807, 2.05) is 24.0 Å². The van der Waals surface area contributed by atoms with Crippen molar-refractivity contribution in [1.82, 2.24) is 19.9 Å². The Balaban J connectivity index is 1.47. The lowest BCUT2D eigenvalue weighted by molar-refractivity contribution is 0.0705. The van der Waals surface area contributed by atoms with Crippen molar-refractivity contribution in [3.63, 3.8) is 0 Å². The summed E-state index contributed by atoms with van der Waals surface area (Å²) < 4.78 is 10.8. The van der Waals surface area contributed by atoms with Gasteiger partial charge < -0.3 is 19.7 Å². The number of likely N-dealkylation sites (tertiary alicyclic amines) is 1. The number of anilines is 2. The molecule has 0 radical (unpaired) electrons. The first-order valence-electron chi connectivity index (χ1n) is 10.6. The lowest BCUT2D eigenvalue weighted by Crippen LogP contribution is -2.38. The van der Waals surface area contributed by atoms with Crippen LogP contribution in [0.15, 0.2) is 48.8 Å². The van der Waals surface area contributed by atoms with E-state index in [2.05, 4.69) is 21.4 Å². The first kappa shape index (κ1) is 21.5. The summed E-state index contributed by atoms with van der Waals surface area (Å²) in [6, 6.07) is 11.2. The Labute approximate surface area is 187 Å². The van der Waals surface area contributed by atoms with Crippen molar-refractivity contribution in [3.8, 4) is 11.5 Å². The predicted molar refractivity (Wildman–Crippen MR) is 122 cm³/mol. The van der Waals surface area contributed by atoms with Crippen LogP contribution in [0, 0.1) is 6.92 Å². The predicted octanol–water partition coefficient (Wildman–Crippen LogP) is 3.96. The van der Waals surface area contributed by atoms with E-state index in [0.29, 0.717) is 36.1 Å². The Bertz CT molecular complexity index is 1060. The fourth-order valence-electron chi connectivity index (χ4n) is 4.07. The van der Waals surface area contributed by atoms with Crippen molar-refractivity contribution in [2.45, 2.75) is 25.7 Å².